The summed E-state index contributed by atoms with van der Waals surface area (Å²) >= 11 is 7.28. The second kappa shape index (κ2) is 7.88. The van der Waals surface area contributed by atoms with Crippen molar-refractivity contribution in [1.29, 1.82) is 5.26 Å². The van der Waals surface area contributed by atoms with E-state index in [9.17, 15) is 15.2 Å². The number of hydrogen-bond donors (Lipinski definition) is 1. The Morgan fingerprint density at radius 2 is 1.90 bits per heavy atom. The lowest BCUT2D eigenvalue weighted by Gasteiger charge is -2.38. The second-order valence-corrected chi connectivity index (χ2v) is 8.44. The van der Waals surface area contributed by atoms with E-state index in [4.69, 9.17) is 21.1 Å². The first-order chi connectivity index (χ1) is 14.4. The number of ether oxygens (including phenoxy) is 2. The highest BCUT2D eigenvalue weighted by Crippen LogP contribution is 2.52. The van der Waals surface area contributed by atoms with Crippen LogP contribution in [0, 0.1) is 11.3 Å². The number of aliphatic hydroxyl groups is 1. The normalized spacial score (nSPS) is 23.2. The van der Waals surface area contributed by atoms with E-state index in [1.54, 1.807) is 43.5 Å². The average molecular weight is 443 g/mol. The minimum absolute atomic E-state index is 0.0678. The van der Waals surface area contributed by atoms with Gasteiger partial charge in [-0.1, -0.05) is 29.8 Å². The molecule has 6 nitrogen and oxygen atoms in total. The maximum atomic E-state index is 13.2. The zero-order chi connectivity index (χ0) is 21.5. The zero-order valence-corrected chi connectivity index (χ0v) is 18.0. The molecule has 4 rings (SSSR count). The van der Waals surface area contributed by atoms with Gasteiger partial charge in [-0.25, -0.2) is 0 Å². The van der Waals surface area contributed by atoms with E-state index in [0.717, 1.165) is 5.56 Å². The fourth-order valence-electron chi connectivity index (χ4n) is 3.91. The van der Waals surface area contributed by atoms with Crippen LogP contribution in [0.3, 0.4) is 0 Å². The van der Waals surface area contributed by atoms with Crippen LogP contribution >= 0.6 is 23.4 Å². The molecule has 1 fully saturated rings. The first-order valence-corrected chi connectivity index (χ1v) is 10.6. The molecular formula is C22H19ClN2O4S. The number of rotatable bonds is 4. The standard InChI is InChI=1S/C22H19ClN2O4S/c1-28-18-8-3-13(9-19(18)29-2)16-10-20(26)25-21(17(16)11-24)30-12-22(25,27)14-4-6-15(23)7-5-14/h3-9,16,27H,10,12H2,1-2H3. The molecule has 2 atom stereocenters. The molecule has 1 saturated heterocycles. The van der Waals surface area contributed by atoms with Crippen molar-refractivity contribution in [1.82, 2.24) is 4.90 Å². The van der Waals surface area contributed by atoms with Gasteiger partial charge in [-0.3, -0.25) is 9.69 Å². The molecule has 2 unspecified atom stereocenters. The molecule has 0 aliphatic carbocycles. The highest BCUT2D eigenvalue weighted by atomic mass is 35.5. The number of carbonyl (C=O) groups is 1. The number of allylic oxidation sites excluding steroid dienone is 1. The third kappa shape index (κ3) is 3.21. The summed E-state index contributed by atoms with van der Waals surface area (Å²) in [7, 11) is 3.09. The number of methoxy groups -OCH3 is 2. The van der Waals surface area contributed by atoms with Crippen molar-refractivity contribution in [3.05, 3.63) is 69.2 Å². The van der Waals surface area contributed by atoms with E-state index in [-0.39, 0.29) is 18.1 Å². The summed E-state index contributed by atoms with van der Waals surface area (Å²) in [6.07, 6.45) is 0.0678. The molecule has 154 valence electrons. The van der Waals surface area contributed by atoms with Crippen LogP contribution in [-0.4, -0.2) is 35.9 Å². The van der Waals surface area contributed by atoms with Gasteiger partial charge in [-0.15, -0.1) is 11.8 Å². The molecule has 0 spiro atoms. The molecular weight excluding hydrogens is 424 g/mol. The van der Waals surface area contributed by atoms with Crippen LogP contribution in [0.15, 0.2) is 53.1 Å². The van der Waals surface area contributed by atoms with Gasteiger partial charge < -0.3 is 14.6 Å². The highest BCUT2D eigenvalue weighted by molar-refractivity contribution is 8.03. The Hall–Kier alpha value is -2.66. The Labute approximate surface area is 183 Å². The van der Waals surface area contributed by atoms with Gasteiger partial charge in [-0.2, -0.15) is 5.26 Å². The molecule has 0 aromatic heterocycles. The van der Waals surface area contributed by atoms with Crippen LogP contribution in [0.5, 0.6) is 11.5 Å². The maximum absolute atomic E-state index is 13.2. The fraction of sp³-hybridized carbons (Fsp3) is 0.273. The Balaban J connectivity index is 1.78. The van der Waals surface area contributed by atoms with Gasteiger partial charge >= 0.3 is 0 Å². The molecule has 2 aliphatic rings. The number of benzene rings is 2. The third-order valence-corrected chi connectivity index (χ3v) is 6.90. The van der Waals surface area contributed by atoms with Crippen LogP contribution in [0.2, 0.25) is 5.02 Å². The lowest BCUT2D eigenvalue weighted by Crippen LogP contribution is -2.48. The summed E-state index contributed by atoms with van der Waals surface area (Å²) < 4.78 is 10.7. The molecule has 0 bridgehead atoms. The quantitative estimate of drug-likeness (QED) is 0.770. The monoisotopic (exact) mass is 442 g/mol. The van der Waals surface area contributed by atoms with Crippen LogP contribution in [-0.2, 0) is 10.5 Å². The van der Waals surface area contributed by atoms with Gasteiger partial charge in [0.15, 0.2) is 17.2 Å². The summed E-state index contributed by atoms with van der Waals surface area (Å²) in [4.78, 5) is 14.5. The van der Waals surface area contributed by atoms with Crippen molar-refractivity contribution in [3.63, 3.8) is 0 Å². The number of halogens is 1. The molecule has 1 N–H and O–H groups in total. The van der Waals surface area contributed by atoms with Crippen molar-refractivity contribution >= 4 is 29.3 Å². The third-order valence-electron chi connectivity index (χ3n) is 5.43. The van der Waals surface area contributed by atoms with Crippen LogP contribution < -0.4 is 9.47 Å². The molecule has 8 heteroatoms. The van der Waals surface area contributed by atoms with E-state index in [1.807, 2.05) is 6.07 Å². The van der Waals surface area contributed by atoms with E-state index >= 15 is 0 Å². The summed E-state index contributed by atoms with van der Waals surface area (Å²) in [5.74, 6) is 0.673. The molecule has 2 aromatic carbocycles. The predicted molar refractivity (Wildman–Crippen MR) is 114 cm³/mol. The first-order valence-electron chi connectivity index (χ1n) is 9.23. The van der Waals surface area contributed by atoms with Gasteiger partial charge in [0.05, 0.1) is 36.6 Å². The van der Waals surface area contributed by atoms with E-state index in [0.29, 0.717) is 32.7 Å². The Morgan fingerprint density at radius 1 is 1.20 bits per heavy atom. The predicted octanol–water partition coefficient (Wildman–Crippen LogP) is 4.00. The maximum Gasteiger partial charge on any atom is 0.231 e. The lowest BCUT2D eigenvalue weighted by atomic mass is 9.85. The Kier molecular flexibility index (Phi) is 5.41. The minimum atomic E-state index is -1.52. The van der Waals surface area contributed by atoms with Crippen LogP contribution in [0.4, 0.5) is 0 Å². The highest BCUT2D eigenvalue weighted by Gasteiger charge is 2.51. The molecule has 2 aromatic rings. The van der Waals surface area contributed by atoms with Crippen molar-refractivity contribution in [2.24, 2.45) is 0 Å². The number of carbonyl (C=O) groups excluding carboxylic acids is 1. The van der Waals surface area contributed by atoms with Crippen molar-refractivity contribution in [2.45, 2.75) is 18.1 Å². The second-order valence-electron chi connectivity index (χ2n) is 7.04. The summed E-state index contributed by atoms with van der Waals surface area (Å²) in [5, 5.41) is 22.4. The Bertz CT molecular complexity index is 1080. The number of nitrogens with zero attached hydrogens (tertiary/aromatic N) is 2. The molecule has 0 saturated carbocycles. The number of nitriles is 1. The van der Waals surface area contributed by atoms with Gasteiger partial charge in [0.2, 0.25) is 5.91 Å². The fourth-order valence-corrected chi connectivity index (χ4v) is 5.39. The first kappa shape index (κ1) is 20.6. The summed E-state index contributed by atoms with van der Waals surface area (Å²) in [6.45, 7) is 0. The van der Waals surface area contributed by atoms with Gasteiger partial charge in [-0.05, 0) is 29.8 Å². The average Bonchev–Trinajstić information content (AvgIpc) is 3.12. The van der Waals surface area contributed by atoms with Crippen LogP contribution in [0.25, 0.3) is 0 Å². The SMILES string of the molecule is COc1ccc(C2CC(=O)N3C(=C2C#N)SCC3(O)c2ccc(Cl)cc2)cc1OC. The molecule has 2 heterocycles. The largest absolute Gasteiger partial charge is 0.493 e. The lowest BCUT2D eigenvalue weighted by molar-refractivity contribution is -0.149. The molecule has 0 radical (unpaired) electrons. The minimum Gasteiger partial charge on any atom is -0.493 e. The van der Waals surface area contributed by atoms with Gasteiger partial charge in [0, 0.05) is 22.9 Å². The summed E-state index contributed by atoms with van der Waals surface area (Å²) in [5.41, 5.74) is 0.278. The van der Waals surface area contributed by atoms with Gasteiger partial charge in [0.1, 0.15) is 0 Å². The van der Waals surface area contributed by atoms with E-state index < -0.39 is 11.6 Å². The molecule has 30 heavy (non-hydrogen) atoms. The van der Waals surface area contributed by atoms with Gasteiger partial charge in [0.25, 0.3) is 0 Å². The van der Waals surface area contributed by atoms with Crippen molar-refractivity contribution < 1.29 is 19.4 Å². The molecule has 2 aliphatic heterocycles. The number of amides is 1. The van der Waals surface area contributed by atoms with E-state index in [1.165, 1.54) is 23.8 Å². The Morgan fingerprint density at radius 3 is 2.53 bits per heavy atom. The van der Waals surface area contributed by atoms with E-state index in [2.05, 4.69) is 6.07 Å². The number of fused-ring (bicyclic) bond motifs is 1. The molecule has 1 amide bonds. The zero-order valence-electron chi connectivity index (χ0n) is 16.4. The number of thioether (sulfide) groups is 1. The smallest absolute Gasteiger partial charge is 0.231 e. The topological polar surface area (TPSA) is 82.8 Å². The number of hydrogen-bond acceptors (Lipinski definition) is 6. The summed E-state index contributed by atoms with van der Waals surface area (Å²) in [6, 6.07) is 14.4. The van der Waals surface area contributed by atoms with Crippen LogP contribution in [0.1, 0.15) is 23.5 Å². The van der Waals surface area contributed by atoms with Crippen molar-refractivity contribution in [2.75, 3.05) is 20.0 Å². The van der Waals surface area contributed by atoms with Crippen molar-refractivity contribution in [3.8, 4) is 17.6 Å².